The Bertz CT molecular complexity index is 1220. The van der Waals surface area contributed by atoms with Gasteiger partial charge >= 0.3 is 0 Å². The first kappa shape index (κ1) is 26.3. The molecule has 1 aliphatic heterocycles. The summed E-state index contributed by atoms with van der Waals surface area (Å²) in [7, 11) is 1.51. The second-order valence-electron chi connectivity index (χ2n) is 8.90. The number of likely N-dealkylation sites (tertiary alicyclic amines) is 1. The minimum atomic E-state index is -0.195. The first-order chi connectivity index (χ1) is 17.9. The molecule has 2 aromatic heterocycles. The van der Waals surface area contributed by atoms with Crippen molar-refractivity contribution in [3.8, 4) is 11.6 Å². The van der Waals surface area contributed by atoms with Gasteiger partial charge in [-0.15, -0.1) is 0 Å². The predicted molar refractivity (Wildman–Crippen MR) is 141 cm³/mol. The number of carbonyl (C=O) groups excluding carboxylic acids is 2. The Kier molecular flexibility index (Phi) is 8.84. The molecule has 1 aromatic carbocycles. The first-order valence-corrected chi connectivity index (χ1v) is 12.5. The SMILES string of the molecule is COc1ncc(Cl)cc1NCCC(=O)Nc1cnn(CC(=O)N2CCC[C@H](Oc3ccc(C)cc3)C2)c1. The molecule has 0 saturated carbocycles. The summed E-state index contributed by atoms with van der Waals surface area (Å²) >= 11 is 5.98. The molecule has 0 aliphatic carbocycles. The summed E-state index contributed by atoms with van der Waals surface area (Å²) in [5.41, 5.74) is 2.31. The summed E-state index contributed by atoms with van der Waals surface area (Å²) in [4.78, 5) is 31.1. The molecule has 37 heavy (non-hydrogen) atoms. The molecule has 196 valence electrons. The summed E-state index contributed by atoms with van der Waals surface area (Å²) < 4.78 is 12.8. The molecule has 2 N–H and O–H groups in total. The number of amides is 2. The molecule has 2 amide bonds. The van der Waals surface area contributed by atoms with Crippen molar-refractivity contribution in [3.63, 3.8) is 0 Å². The number of ether oxygens (including phenoxy) is 2. The van der Waals surface area contributed by atoms with Gasteiger partial charge in [-0.3, -0.25) is 14.3 Å². The normalized spacial score (nSPS) is 15.2. The van der Waals surface area contributed by atoms with Crippen LogP contribution in [0.1, 0.15) is 24.8 Å². The van der Waals surface area contributed by atoms with E-state index in [1.165, 1.54) is 29.7 Å². The lowest BCUT2D eigenvalue weighted by Crippen LogP contribution is -2.45. The van der Waals surface area contributed by atoms with E-state index in [1.54, 1.807) is 12.3 Å². The van der Waals surface area contributed by atoms with Crippen molar-refractivity contribution in [2.24, 2.45) is 0 Å². The third-order valence-corrected chi connectivity index (χ3v) is 6.15. The summed E-state index contributed by atoms with van der Waals surface area (Å²) in [5, 5.41) is 10.6. The van der Waals surface area contributed by atoms with Crippen LogP contribution in [0.15, 0.2) is 48.9 Å². The number of piperidine rings is 1. The summed E-state index contributed by atoms with van der Waals surface area (Å²) in [6.45, 7) is 3.72. The van der Waals surface area contributed by atoms with Gasteiger partial charge in [0.15, 0.2) is 0 Å². The van der Waals surface area contributed by atoms with Crippen LogP contribution in [0.25, 0.3) is 0 Å². The zero-order chi connectivity index (χ0) is 26.2. The highest BCUT2D eigenvalue weighted by atomic mass is 35.5. The third-order valence-electron chi connectivity index (χ3n) is 5.95. The number of rotatable bonds is 10. The number of anilines is 2. The van der Waals surface area contributed by atoms with Crippen LogP contribution in [0.4, 0.5) is 11.4 Å². The number of benzene rings is 1. The van der Waals surface area contributed by atoms with E-state index >= 15 is 0 Å². The lowest BCUT2D eigenvalue weighted by Gasteiger charge is -2.33. The molecule has 1 atom stereocenters. The molecule has 0 unspecified atom stereocenters. The number of carbonyl (C=O) groups is 2. The van der Waals surface area contributed by atoms with Crippen LogP contribution in [0.5, 0.6) is 11.6 Å². The second kappa shape index (κ2) is 12.4. The van der Waals surface area contributed by atoms with E-state index in [-0.39, 0.29) is 30.9 Å². The molecule has 11 heteroatoms. The van der Waals surface area contributed by atoms with Crippen LogP contribution >= 0.6 is 11.6 Å². The minimum Gasteiger partial charge on any atom is -0.489 e. The predicted octanol–water partition coefficient (Wildman–Crippen LogP) is 3.76. The number of halogens is 1. The molecule has 0 radical (unpaired) electrons. The van der Waals surface area contributed by atoms with Crippen molar-refractivity contribution >= 4 is 34.8 Å². The van der Waals surface area contributed by atoms with Crippen molar-refractivity contribution in [2.45, 2.75) is 38.8 Å². The number of aryl methyl sites for hydroxylation is 1. The standard InChI is InChI=1S/C26H31ClN6O4/c1-18-5-7-21(8-6-18)37-22-4-3-11-32(16-22)25(35)17-33-15-20(14-30-33)31-24(34)9-10-28-23-12-19(27)13-29-26(23)36-2/h5-8,12-15,22,28H,3-4,9-11,16-17H2,1-2H3,(H,31,34)/t22-/m0/s1. The average Bonchev–Trinajstić information content (AvgIpc) is 3.32. The van der Waals surface area contributed by atoms with Gasteiger partial charge < -0.3 is 25.0 Å². The highest BCUT2D eigenvalue weighted by molar-refractivity contribution is 6.30. The number of hydrogen-bond donors (Lipinski definition) is 2. The Labute approximate surface area is 220 Å². The molecule has 1 fully saturated rings. The van der Waals surface area contributed by atoms with Crippen LogP contribution in [0, 0.1) is 6.92 Å². The van der Waals surface area contributed by atoms with Crippen molar-refractivity contribution in [1.82, 2.24) is 19.7 Å². The molecule has 10 nitrogen and oxygen atoms in total. The largest absolute Gasteiger partial charge is 0.489 e. The Balaban J connectivity index is 1.22. The van der Waals surface area contributed by atoms with Crippen molar-refractivity contribution in [2.75, 3.05) is 37.4 Å². The van der Waals surface area contributed by atoms with E-state index in [4.69, 9.17) is 21.1 Å². The molecule has 3 heterocycles. The Morgan fingerprint density at radius 2 is 2.03 bits per heavy atom. The number of nitrogens with zero attached hydrogens (tertiary/aromatic N) is 4. The zero-order valence-corrected chi connectivity index (χ0v) is 21.7. The van der Waals surface area contributed by atoms with Gasteiger partial charge in [0.25, 0.3) is 0 Å². The van der Waals surface area contributed by atoms with E-state index in [1.807, 2.05) is 36.1 Å². The number of pyridine rings is 1. The molecule has 0 spiro atoms. The Morgan fingerprint density at radius 3 is 2.81 bits per heavy atom. The average molecular weight is 527 g/mol. The van der Waals surface area contributed by atoms with Gasteiger partial charge in [-0.1, -0.05) is 29.3 Å². The van der Waals surface area contributed by atoms with Gasteiger partial charge in [0.05, 0.1) is 36.2 Å². The first-order valence-electron chi connectivity index (χ1n) is 12.2. The van der Waals surface area contributed by atoms with E-state index < -0.39 is 0 Å². The summed E-state index contributed by atoms with van der Waals surface area (Å²) in [6.07, 6.45) is 6.63. The number of aromatic nitrogens is 3. The molecule has 1 saturated heterocycles. The second-order valence-corrected chi connectivity index (χ2v) is 9.33. The lowest BCUT2D eigenvalue weighted by molar-refractivity contribution is -0.134. The fourth-order valence-corrected chi connectivity index (χ4v) is 4.23. The lowest BCUT2D eigenvalue weighted by atomic mass is 10.1. The molecule has 3 aromatic rings. The Hall–Kier alpha value is -3.79. The fraction of sp³-hybridized carbons (Fsp3) is 0.385. The maximum Gasteiger partial charge on any atom is 0.244 e. The number of methoxy groups -OCH3 is 1. The molecular weight excluding hydrogens is 496 g/mol. The van der Waals surface area contributed by atoms with E-state index in [0.717, 1.165) is 18.6 Å². The third kappa shape index (κ3) is 7.60. The van der Waals surface area contributed by atoms with E-state index in [9.17, 15) is 9.59 Å². The molecule has 4 rings (SSSR count). The van der Waals surface area contributed by atoms with Gasteiger partial charge in [0.1, 0.15) is 18.4 Å². The van der Waals surface area contributed by atoms with Crippen LogP contribution < -0.4 is 20.1 Å². The summed E-state index contributed by atoms with van der Waals surface area (Å²) in [5.74, 6) is 0.985. The van der Waals surface area contributed by atoms with Gasteiger partial charge in [-0.05, 0) is 38.0 Å². The molecule has 0 bridgehead atoms. The van der Waals surface area contributed by atoms with Crippen molar-refractivity contribution in [1.29, 1.82) is 0 Å². The number of hydrogen-bond acceptors (Lipinski definition) is 7. The highest BCUT2D eigenvalue weighted by Crippen LogP contribution is 2.24. The Morgan fingerprint density at radius 1 is 1.22 bits per heavy atom. The zero-order valence-electron chi connectivity index (χ0n) is 20.9. The molecular formula is C26H31ClN6O4. The van der Waals surface area contributed by atoms with Crippen LogP contribution in [0.3, 0.4) is 0 Å². The fourth-order valence-electron chi connectivity index (χ4n) is 4.07. The maximum absolute atomic E-state index is 12.9. The van der Waals surface area contributed by atoms with Gasteiger partial charge in [0.2, 0.25) is 17.7 Å². The van der Waals surface area contributed by atoms with Crippen LogP contribution in [-0.4, -0.2) is 64.3 Å². The van der Waals surface area contributed by atoms with Gasteiger partial charge in [-0.25, -0.2) is 4.98 Å². The van der Waals surface area contributed by atoms with E-state index in [0.29, 0.717) is 41.9 Å². The van der Waals surface area contributed by atoms with Gasteiger partial charge in [0, 0.05) is 31.9 Å². The van der Waals surface area contributed by atoms with E-state index in [2.05, 4.69) is 20.7 Å². The minimum absolute atomic E-state index is 0.0357. The van der Waals surface area contributed by atoms with Gasteiger partial charge in [-0.2, -0.15) is 5.10 Å². The smallest absolute Gasteiger partial charge is 0.244 e. The van der Waals surface area contributed by atoms with Crippen molar-refractivity contribution in [3.05, 3.63) is 59.5 Å². The van der Waals surface area contributed by atoms with Crippen LogP contribution in [-0.2, 0) is 16.1 Å². The topological polar surface area (TPSA) is 111 Å². The monoisotopic (exact) mass is 526 g/mol. The van der Waals surface area contributed by atoms with Crippen LogP contribution in [0.2, 0.25) is 5.02 Å². The molecule has 1 aliphatic rings. The quantitative estimate of drug-likeness (QED) is 0.414. The maximum atomic E-state index is 12.9. The number of nitrogens with one attached hydrogen (secondary N) is 2. The highest BCUT2D eigenvalue weighted by Gasteiger charge is 2.25. The van der Waals surface area contributed by atoms with Crippen molar-refractivity contribution < 1.29 is 19.1 Å². The summed E-state index contributed by atoms with van der Waals surface area (Å²) in [6, 6.07) is 9.62.